The lowest BCUT2D eigenvalue weighted by Crippen LogP contribution is -2.41. The number of nitrogen functional groups attached to an aromatic ring is 1. The Labute approximate surface area is 145 Å². The van der Waals surface area contributed by atoms with Gasteiger partial charge in [-0.1, -0.05) is 6.92 Å². The van der Waals surface area contributed by atoms with E-state index in [0.29, 0.717) is 5.52 Å². The van der Waals surface area contributed by atoms with Crippen LogP contribution in [0.5, 0.6) is 0 Å². The first kappa shape index (κ1) is 14.6. The van der Waals surface area contributed by atoms with E-state index in [1.807, 2.05) is 0 Å². The van der Waals surface area contributed by atoms with E-state index in [-0.39, 0.29) is 17.9 Å². The highest BCUT2D eigenvalue weighted by Crippen LogP contribution is 2.40. The van der Waals surface area contributed by atoms with Crippen LogP contribution >= 0.6 is 0 Å². The number of aliphatic hydroxyl groups excluding tert-OH is 2. The van der Waals surface area contributed by atoms with Gasteiger partial charge in [-0.2, -0.15) is 10.4 Å². The summed E-state index contributed by atoms with van der Waals surface area (Å²) < 4.78 is 27.2. The first-order valence-corrected chi connectivity index (χ1v) is 7.43. The van der Waals surface area contributed by atoms with Crippen molar-refractivity contribution in [3.05, 3.63) is 24.2 Å². The zero-order valence-corrected chi connectivity index (χ0v) is 13.2. The second-order valence-corrected chi connectivity index (χ2v) is 5.43. The maximum absolute atomic E-state index is 11.5. The lowest BCUT2D eigenvalue weighted by atomic mass is 9.92. The minimum absolute atomic E-state index is 0.0146. The van der Waals surface area contributed by atoms with Crippen LogP contribution in [0.1, 0.15) is 21.8 Å². The molecule has 1 aliphatic rings. The lowest BCUT2D eigenvalue weighted by molar-refractivity contribution is -0.150. The predicted octanol–water partition coefficient (Wildman–Crippen LogP) is -0.896. The molecule has 4 atom stereocenters. The molecule has 3 rings (SSSR count). The maximum Gasteiger partial charge on any atom is 0.305 e. The van der Waals surface area contributed by atoms with Gasteiger partial charge in [0.2, 0.25) is 5.60 Å². The molecular weight excluding hydrogens is 330 g/mol. The topological polar surface area (TPSA) is 156 Å². The summed E-state index contributed by atoms with van der Waals surface area (Å²) in [4.78, 5) is 15.3. The molecule has 0 bridgehead atoms. The van der Waals surface area contributed by atoms with Gasteiger partial charge in [0.15, 0.2) is 5.82 Å². The molecule has 0 aromatic carbocycles. The summed E-state index contributed by atoms with van der Waals surface area (Å²) in [5.74, 6) is -0.755. The Hall–Kier alpha value is -2.74. The Morgan fingerprint density at radius 3 is 3.08 bits per heavy atom. The Morgan fingerprint density at radius 2 is 2.40 bits per heavy atom. The average Bonchev–Trinajstić information content (AvgIpc) is 3.17. The average molecular weight is 349 g/mol. The third kappa shape index (κ3) is 2.58. The molecule has 0 amide bonds. The second kappa shape index (κ2) is 6.29. The predicted molar refractivity (Wildman–Crippen MR) is 82.8 cm³/mol. The van der Waals surface area contributed by atoms with Gasteiger partial charge in [0.1, 0.15) is 42.8 Å². The fraction of sp³-hybridized carbons (Fsp3) is 0.467. The molecule has 132 valence electrons. The van der Waals surface area contributed by atoms with Gasteiger partial charge in [-0.3, -0.25) is 4.79 Å². The lowest BCUT2D eigenvalue weighted by Gasteiger charge is -2.24. The van der Waals surface area contributed by atoms with E-state index in [4.69, 9.17) is 13.2 Å². The van der Waals surface area contributed by atoms with E-state index < -0.39 is 36.4 Å². The normalized spacial score (nSPS) is 30.6. The van der Waals surface area contributed by atoms with Gasteiger partial charge in [-0.05, 0) is 12.1 Å². The quantitative estimate of drug-likeness (QED) is 0.595. The van der Waals surface area contributed by atoms with Gasteiger partial charge in [-0.25, -0.2) is 9.50 Å². The van der Waals surface area contributed by atoms with Crippen molar-refractivity contribution in [2.45, 2.75) is 37.3 Å². The molecule has 1 fully saturated rings. The number of aromatic nitrogens is 3. The number of rotatable bonds is 4. The Kier molecular flexibility index (Phi) is 3.67. The summed E-state index contributed by atoms with van der Waals surface area (Å²) in [7, 11) is 0. The third-order valence-electron chi connectivity index (χ3n) is 3.97. The molecule has 10 nitrogen and oxygen atoms in total. The van der Waals surface area contributed by atoms with Crippen LogP contribution in [0.4, 0.5) is 5.82 Å². The summed E-state index contributed by atoms with van der Waals surface area (Å²) in [6, 6.07) is 4.67. The molecule has 0 unspecified atom stereocenters. The van der Waals surface area contributed by atoms with Gasteiger partial charge < -0.3 is 25.4 Å². The van der Waals surface area contributed by atoms with Crippen LogP contribution in [0, 0.1) is 11.3 Å². The number of nitriles is 1. The zero-order chi connectivity index (χ0) is 20.0. The highest BCUT2D eigenvalue weighted by Gasteiger charge is 2.57. The van der Waals surface area contributed by atoms with Crippen molar-refractivity contribution < 1.29 is 27.2 Å². The number of carbonyl (C=O) groups excluding carboxylic acids is 1. The number of anilines is 1. The van der Waals surface area contributed by atoms with Crippen LogP contribution in [0.25, 0.3) is 5.52 Å². The van der Waals surface area contributed by atoms with E-state index >= 15 is 0 Å². The molecule has 10 heteroatoms. The molecule has 1 aliphatic heterocycles. The number of nitrogens with two attached hydrogens (primary N) is 1. The van der Waals surface area contributed by atoms with Crippen molar-refractivity contribution in [1.29, 1.82) is 5.26 Å². The van der Waals surface area contributed by atoms with Crippen molar-refractivity contribution in [3.63, 3.8) is 0 Å². The number of esters is 1. The number of aliphatic hydroxyl groups is 2. The fourth-order valence-electron chi connectivity index (χ4n) is 2.63. The maximum atomic E-state index is 11.5. The van der Waals surface area contributed by atoms with Crippen molar-refractivity contribution >= 4 is 17.3 Å². The SMILES string of the molecule is [2H]C([2H])(OC(=O)CC)[C@H]1O[C@@](C#N)(c2ccc3c(N)ncnn23)[C@H](O)[C@@H]1O. The van der Waals surface area contributed by atoms with Gasteiger partial charge >= 0.3 is 5.97 Å². The van der Waals surface area contributed by atoms with Gasteiger partial charge in [0.25, 0.3) is 0 Å². The number of carbonyl (C=O) groups is 1. The van der Waals surface area contributed by atoms with Crippen LogP contribution in [0.2, 0.25) is 0 Å². The van der Waals surface area contributed by atoms with Crippen LogP contribution in [-0.4, -0.2) is 55.7 Å². The first-order chi connectivity index (χ1) is 12.7. The van der Waals surface area contributed by atoms with Crippen molar-refractivity contribution in [2.75, 3.05) is 12.3 Å². The van der Waals surface area contributed by atoms with Crippen LogP contribution in [0.15, 0.2) is 18.5 Å². The summed E-state index contributed by atoms with van der Waals surface area (Å²) in [6.07, 6.45) is -4.49. The molecule has 4 N–H and O–H groups in total. The fourth-order valence-corrected chi connectivity index (χ4v) is 2.63. The highest BCUT2D eigenvalue weighted by atomic mass is 16.6. The first-order valence-electron chi connectivity index (χ1n) is 8.43. The largest absolute Gasteiger partial charge is 0.463 e. The monoisotopic (exact) mass is 349 g/mol. The smallest absolute Gasteiger partial charge is 0.305 e. The Bertz CT molecular complexity index is 929. The number of nitrogens with zero attached hydrogens (tertiary/aromatic N) is 4. The molecule has 0 spiro atoms. The van der Waals surface area contributed by atoms with Crippen molar-refractivity contribution in [1.82, 2.24) is 14.6 Å². The van der Waals surface area contributed by atoms with Crippen LogP contribution < -0.4 is 5.73 Å². The summed E-state index contributed by atoms with van der Waals surface area (Å²) in [6.45, 7) is -1.32. The minimum atomic E-state index is -2.78. The Morgan fingerprint density at radius 1 is 1.64 bits per heavy atom. The number of hydrogen-bond acceptors (Lipinski definition) is 9. The highest BCUT2D eigenvalue weighted by molar-refractivity contribution is 5.69. The number of hydrogen-bond donors (Lipinski definition) is 3. The van der Waals surface area contributed by atoms with Crippen molar-refractivity contribution in [3.8, 4) is 6.07 Å². The standard InChI is InChI=1S/C15H17N5O5/c1-2-11(21)24-5-9-12(22)13(23)15(6-16,25-9)10-4-3-8-14(17)18-7-19-20(8)10/h3-4,7,9,12-13,22-23H,2,5H2,1H3,(H2,17,18,19)/t9-,12-,13-,15+/m1/s1/i5D2. The minimum Gasteiger partial charge on any atom is -0.463 e. The van der Waals surface area contributed by atoms with Crippen molar-refractivity contribution in [2.24, 2.45) is 0 Å². The molecule has 2 aromatic heterocycles. The summed E-state index contributed by atoms with van der Waals surface area (Å²) in [5, 5.41) is 34.6. The Balaban J connectivity index is 2.07. The van der Waals surface area contributed by atoms with Gasteiger partial charge in [0.05, 0.1) is 8.44 Å². The summed E-state index contributed by atoms with van der Waals surface area (Å²) in [5.41, 5.74) is 3.92. The molecule has 0 radical (unpaired) electrons. The van der Waals surface area contributed by atoms with E-state index in [2.05, 4.69) is 14.8 Å². The van der Waals surface area contributed by atoms with Gasteiger partial charge in [-0.15, -0.1) is 0 Å². The molecule has 0 aliphatic carbocycles. The molecular formula is C15H17N5O5. The van der Waals surface area contributed by atoms with Gasteiger partial charge in [0, 0.05) is 6.42 Å². The number of fused-ring (bicyclic) bond motifs is 1. The van der Waals surface area contributed by atoms with Crippen LogP contribution in [-0.2, 0) is 19.9 Å². The zero-order valence-electron chi connectivity index (χ0n) is 15.2. The molecule has 2 aromatic rings. The van der Waals surface area contributed by atoms with Crippen LogP contribution in [0.3, 0.4) is 0 Å². The molecule has 3 heterocycles. The van der Waals surface area contributed by atoms with E-state index in [0.717, 1.165) is 6.33 Å². The van der Waals surface area contributed by atoms with E-state index in [1.165, 1.54) is 23.6 Å². The number of ether oxygens (including phenoxy) is 2. The molecule has 25 heavy (non-hydrogen) atoms. The summed E-state index contributed by atoms with van der Waals surface area (Å²) >= 11 is 0. The van der Waals surface area contributed by atoms with E-state index in [9.17, 15) is 20.3 Å². The third-order valence-corrected chi connectivity index (χ3v) is 3.97. The molecule has 0 saturated carbocycles. The molecule has 1 saturated heterocycles. The second-order valence-electron chi connectivity index (χ2n) is 5.43. The van der Waals surface area contributed by atoms with E-state index in [1.54, 1.807) is 6.07 Å².